The predicted molar refractivity (Wildman–Crippen MR) is 68.9 cm³/mol. The van der Waals surface area contributed by atoms with E-state index in [1.807, 2.05) is 13.0 Å². The van der Waals surface area contributed by atoms with Crippen LogP contribution in [0.5, 0.6) is 0 Å². The second kappa shape index (κ2) is 5.62. The van der Waals surface area contributed by atoms with Crippen molar-refractivity contribution in [3.05, 3.63) is 33.8 Å². The summed E-state index contributed by atoms with van der Waals surface area (Å²) in [5.74, 6) is -0.275. The van der Waals surface area contributed by atoms with E-state index in [0.717, 1.165) is 10.0 Å². The number of hydrogen-bond acceptors (Lipinski definition) is 3. The summed E-state index contributed by atoms with van der Waals surface area (Å²) in [6.07, 6.45) is 0. The molecular weight excluding hydrogens is 286 g/mol. The first kappa shape index (κ1) is 14.2. The predicted octanol–water partition coefficient (Wildman–Crippen LogP) is 1.23. The summed E-state index contributed by atoms with van der Waals surface area (Å²) in [5.41, 5.74) is 0.195. The quantitative estimate of drug-likeness (QED) is 0.783. The van der Waals surface area contributed by atoms with Crippen LogP contribution in [-0.4, -0.2) is 34.9 Å². The van der Waals surface area contributed by atoms with Crippen molar-refractivity contribution < 1.29 is 15.0 Å². The van der Waals surface area contributed by atoms with Crippen LogP contribution >= 0.6 is 15.9 Å². The normalized spacial score (nSPS) is 14.2. The van der Waals surface area contributed by atoms with Gasteiger partial charge in [-0.1, -0.05) is 15.9 Å². The Morgan fingerprint density at radius 1 is 1.47 bits per heavy atom. The second-order valence-electron chi connectivity index (χ2n) is 4.35. The standard InChI is InChI=1S/C12H16BrNO3/c1-8-3-9(5-10(13)4-8)11(16)14-6-12(2,17)7-15/h3-5,15,17H,6-7H2,1-2H3,(H,14,16). The van der Waals surface area contributed by atoms with E-state index in [4.69, 9.17) is 5.11 Å². The molecule has 0 aliphatic carbocycles. The molecule has 1 rings (SSSR count). The summed E-state index contributed by atoms with van der Waals surface area (Å²) in [5, 5.41) is 21.0. The molecule has 0 aliphatic rings. The molecule has 0 aliphatic heterocycles. The molecule has 5 heteroatoms. The fourth-order valence-corrected chi connectivity index (χ4v) is 1.90. The lowest BCUT2D eigenvalue weighted by Crippen LogP contribution is -2.43. The van der Waals surface area contributed by atoms with E-state index in [1.165, 1.54) is 6.92 Å². The van der Waals surface area contributed by atoms with E-state index in [0.29, 0.717) is 5.56 Å². The van der Waals surface area contributed by atoms with Crippen LogP contribution in [-0.2, 0) is 0 Å². The number of benzene rings is 1. The summed E-state index contributed by atoms with van der Waals surface area (Å²) in [4.78, 5) is 11.8. The van der Waals surface area contributed by atoms with Gasteiger partial charge >= 0.3 is 0 Å². The molecular formula is C12H16BrNO3. The van der Waals surface area contributed by atoms with E-state index in [-0.39, 0.29) is 12.5 Å². The Kier molecular flexibility index (Phi) is 4.68. The molecule has 0 spiro atoms. The molecule has 1 unspecified atom stereocenters. The third kappa shape index (κ3) is 4.46. The maximum atomic E-state index is 11.8. The van der Waals surface area contributed by atoms with Crippen molar-refractivity contribution >= 4 is 21.8 Å². The molecule has 4 nitrogen and oxygen atoms in total. The Labute approximate surface area is 109 Å². The average Bonchev–Trinajstić information content (AvgIpc) is 2.24. The van der Waals surface area contributed by atoms with E-state index < -0.39 is 12.2 Å². The number of nitrogens with one attached hydrogen (secondary N) is 1. The van der Waals surface area contributed by atoms with E-state index in [1.54, 1.807) is 12.1 Å². The number of rotatable bonds is 4. The van der Waals surface area contributed by atoms with Gasteiger partial charge in [0.2, 0.25) is 0 Å². The van der Waals surface area contributed by atoms with Gasteiger partial charge < -0.3 is 15.5 Å². The van der Waals surface area contributed by atoms with Gasteiger partial charge in [-0.25, -0.2) is 0 Å². The smallest absolute Gasteiger partial charge is 0.251 e. The van der Waals surface area contributed by atoms with Crippen LogP contribution in [0.15, 0.2) is 22.7 Å². The van der Waals surface area contributed by atoms with Crippen molar-refractivity contribution in [2.75, 3.05) is 13.2 Å². The molecule has 17 heavy (non-hydrogen) atoms. The van der Waals surface area contributed by atoms with Crippen LogP contribution < -0.4 is 5.32 Å². The molecule has 3 N–H and O–H groups in total. The lowest BCUT2D eigenvalue weighted by Gasteiger charge is -2.20. The number of aliphatic hydroxyl groups is 2. The van der Waals surface area contributed by atoms with E-state index in [2.05, 4.69) is 21.2 Å². The highest BCUT2D eigenvalue weighted by Gasteiger charge is 2.20. The fraction of sp³-hybridized carbons (Fsp3) is 0.417. The maximum Gasteiger partial charge on any atom is 0.251 e. The number of amides is 1. The highest BCUT2D eigenvalue weighted by Crippen LogP contribution is 2.15. The Morgan fingerprint density at radius 2 is 2.12 bits per heavy atom. The number of halogens is 1. The second-order valence-corrected chi connectivity index (χ2v) is 5.27. The number of aryl methyl sites for hydroxylation is 1. The number of carbonyl (C=O) groups is 1. The topological polar surface area (TPSA) is 69.6 Å². The molecule has 0 fully saturated rings. The molecule has 0 bridgehead atoms. The molecule has 1 aromatic rings. The van der Waals surface area contributed by atoms with Gasteiger partial charge in [0.1, 0.15) is 5.60 Å². The first-order valence-corrected chi connectivity index (χ1v) is 6.02. The Balaban J connectivity index is 2.70. The first-order valence-electron chi connectivity index (χ1n) is 5.23. The maximum absolute atomic E-state index is 11.8. The van der Waals surface area contributed by atoms with Gasteiger partial charge in [-0.05, 0) is 37.6 Å². The molecule has 0 aromatic heterocycles. The van der Waals surface area contributed by atoms with Crippen LogP contribution in [0, 0.1) is 6.92 Å². The summed E-state index contributed by atoms with van der Waals surface area (Å²) in [6.45, 7) is 2.96. The average molecular weight is 302 g/mol. The highest BCUT2D eigenvalue weighted by molar-refractivity contribution is 9.10. The van der Waals surface area contributed by atoms with Gasteiger partial charge in [0.05, 0.1) is 6.61 Å². The molecule has 0 radical (unpaired) electrons. The van der Waals surface area contributed by atoms with Crippen molar-refractivity contribution in [1.29, 1.82) is 0 Å². The van der Waals surface area contributed by atoms with Gasteiger partial charge in [-0.3, -0.25) is 4.79 Å². The molecule has 0 heterocycles. The SMILES string of the molecule is Cc1cc(Br)cc(C(=O)NCC(C)(O)CO)c1. The lowest BCUT2D eigenvalue weighted by molar-refractivity contribution is 0.00320. The van der Waals surface area contributed by atoms with Gasteiger partial charge in [0.15, 0.2) is 0 Å². The minimum Gasteiger partial charge on any atom is -0.393 e. The minimum absolute atomic E-state index is 0.00783. The van der Waals surface area contributed by atoms with Crippen molar-refractivity contribution in [2.45, 2.75) is 19.4 Å². The largest absolute Gasteiger partial charge is 0.393 e. The van der Waals surface area contributed by atoms with Gasteiger partial charge in [0.25, 0.3) is 5.91 Å². The third-order valence-corrected chi connectivity index (χ3v) is 2.73. The summed E-state index contributed by atoms with van der Waals surface area (Å²) in [6, 6.07) is 5.37. The molecule has 1 atom stereocenters. The molecule has 0 saturated heterocycles. The fourth-order valence-electron chi connectivity index (χ4n) is 1.30. The van der Waals surface area contributed by atoms with Crippen molar-refractivity contribution in [3.63, 3.8) is 0 Å². The van der Waals surface area contributed by atoms with Gasteiger partial charge in [-0.2, -0.15) is 0 Å². The zero-order valence-electron chi connectivity index (χ0n) is 9.83. The molecule has 0 saturated carbocycles. The summed E-state index contributed by atoms with van der Waals surface area (Å²) < 4.78 is 0.830. The number of carbonyl (C=O) groups excluding carboxylic acids is 1. The Hall–Kier alpha value is -0.910. The first-order chi connectivity index (χ1) is 7.84. The van der Waals surface area contributed by atoms with Crippen molar-refractivity contribution in [1.82, 2.24) is 5.32 Å². The highest BCUT2D eigenvalue weighted by atomic mass is 79.9. The van der Waals surface area contributed by atoms with Crippen molar-refractivity contribution in [3.8, 4) is 0 Å². The minimum atomic E-state index is -1.29. The van der Waals surface area contributed by atoms with Crippen LogP contribution in [0.1, 0.15) is 22.8 Å². The van der Waals surface area contributed by atoms with Gasteiger partial charge in [0, 0.05) is 16.6 Å². The zero-order valence-corrected chi connectivity index (χ0v) is 11.4. The van der Waals surface area contributed by atoms with E-state index in [9.17, 15) is 9.90 Å². The summed E-state index contributed by atoms with van der Waals surface area (Å²) in [7, 11) is 0. The van der Waals surface area contributed by atoms with Crippen molar-refractivity contribution in [2.24, 2.45) is 0 Å². The number of aliphatic hydroxyl groups excluding tert-OH is 1. The third-order valence-electron chi connectivity index (χ3n) is 2.27. The lowest BCUT2D eigenvalue weighted by atomic mass is 10.1. The zero-order chi connectivity index (χ0) is 13.1. The Morgan fingerprint density at radius 3 is 2.65 bits per heavy atom. The van der Waals surface area contributed by atoms with Crippen LogP contribution in [0.3, 0.4) is 0 Å². The van der Waals surface area contributed by atoms with Crippen LogP contribution in [0.2, 0.25) is 0 Å². The monoisotopic (exact) mass is 301 g/mol. The summed E-state index contributed by atoms with van der Waals surface area (Å²) >= 11 is 3.32. The molecule has 94 valence electrons. The van der Waals surface area contributed by atoms with E-state index >= 15 is 0 Å². The number of hydrogen-bond donors (Lipinski definition) is 3. The van der Waals surface area contributed by atoms with Gasteiger partial charge in [-0.15, -0.1) is 0 Å². The van der Waals surface area contributed by atoms with Crippen LogP contribution in [0.25, 0.3) is 0 Å². The van der Waals surface area contributed by atoms with Crippen LogP contribution in [0.4, 0.5) is 0 Å². The molecule has 1 aromatic carbocycles. The Bertz CT molecular complexity index is 398. The molecule has 1 amide bonds.